The van der Waals surface area contributed by atoms with Gasteiger partial charge in [-0.1, -0.05) is 5.16 Å². The molecule has 2 aliphatic heterocycles. The normalized spacial score (nSPS) is 17.2. The van der Waals surface area contributed by atoms with Gasteiger partial charge in [0.25, 0.3) is 11.5 Å². The zero-order valence-corrected chi connectivity index (χ0v) is 21.9. The molecule has 0 spiro atoms. The minimum Gasteiger partial charge on any atom is -0.382 e. The monoisotopic (exact) mass is 571 g/mol. The molecule has 0 aromatic carbocycles. The van der Waals surface area contributed by atoms with Crippen LogP contribution in [0.15, 0.2) is 55.5 Å². The van der Waals surface area contributed by atoms with Gasteiger partial charge in [-0.25, -0.2) is 9.79 Å². The second kappa shape index (κ2) is 9.35. The summed E-state index contributed by atoms with van der Waals surface area (Å²) in [5.74, 6) is 0.590. The second-order valence-corrected chi connectivity index (χ2v) is 10.0. The number of fused-ring (bicyclic) bond motifs is 1. The van der Waals surface area contributed by atoms with E-state index in [0.717, 1.165) is 16.8 Å². The number of carbonyl (C=O) groups is 1. The van der Waals surface area contributed by atoms with E-state index in [1.165, 1.54) is 23.9 Å². The lowest BCUT2D eigenvalue weighted by molar-refractivity contribution is -0.141. The smallest absolute Gasteiger partial charge is 0.382 e. The molecule has 16 heteroatoms. The summed E-state index contributed by atoms with van der Waals surface area (Å²) in [5.41, 5.74) is -1.84. The van der Waals surface area contributed by atoms with E-state index >= 15 is 0 Å². The molecule has 3 aromatic heterocycles. The first-order valence-electron chi connectivity index (χ1n) is 12.6. The van der Waals surface area contributed by atoms with Gasteiger partial charge in [0.2, 0.25) is 0 Å². The summed E-state index contributed by atoms with van der Waals surface area (Å²) in [7, 11) is 1.53. The average molecular weight is 572 g/mol. The Morgan fingerprint density at radius 2 is 2.02 bits per heavy atom. The number of amides is 1. The maximum Gasteiger partial charge on any atom is 0.433 e. The van der Waals surface area contributed by atoms with Crippen molar-refractivity contribution in [3.05, 3.63) is 80.0 Å². The Labute approximate surface area is 229 Å². The van der Waals surface area contributed by atoms with Crippen LogP contribution in [0.25, 0.3) is 0 Å². The first kappa shape index (κ1) is 26.3. The molecule has 0 bridgehead atoms. The van der Waals surface area contributed by atoms with E-state index in [-0.39, 0.29) is 31.3 Å². The summed E-state index contributed by atoms with van der Waals surface area (Å²) in [6.45, 7) is 1.95. The summed E-state index contributed by atoms with van der Waals surface area (Å²) < 4.78 is 46.1. The number of nitrogens with one attached hydrogen (secondary N) is 3. The first-order chi connectivity index (χ1) is 19.5. The maximum atomic E-state index is 13.6. The molecule has 0 unspecified atom stereocenters. The zero-order chi connectivity index (χ0) is 29.1. The third-order valence-corrected chi connectivity index (χ3v) is 7.25. The van der Waals surface area contributed by atoms with Crippen LogP contribution in [-0.4, -0.2) is 49.6 Å². The number of anilines is 2. The number of aryl methyl sites for hydroxylation is 1. The van der Waals surface area contributed by atoms with E-state index in [0.29, 0.717) is 41.4 Å². The Balaban J connectivity index is 1.25. The lowest BCUT2D eigenvalue weighted by Gasteiger charge is -2.28. The number of carbonyl (C=O) groups excluding carboxylic acids is 1. The Bertz CT molecular complexity index is 1730. The van der Waals surface area contributed by atoms with Crippen molar-refractivity contribution in [2.75, 3.05) is 23.4 Å². The molecule has 0 saturated heterocycles. The predicted octanol–water partition coefficient (Wildman–Crippen LogP) is 1.04. The van der Waals surface area contributed by atoms with Gasteiger partial charge in [0, 0.05) is 31.1 Å². The van der Waals surface area contributed by atoms with Crippen LogP contribution in [0.3, 0.4) is 0 Å². The van der Waals surface area contributed by atoms with Crippen LogP contribution in [0.2, 0.25) is 0 Å². The van der Waals surface area contributed by atoms with Gasteiger partial charge in [0.05, 0.1) is 25.5 Å². The van der Waals surface area contributed by atoms with Crippen molar-refractivity contribution >= 4 is 23.1 Å². The first-order valence-corrected chi connectivity index (χ1v) is 12.6. The summed E-state index contributed by atoms with van der Waals surface area (Å²) >= 11 is 0. The van der Waals surface area contributed by atoms with Gasteiger partial charge < -0.3 is 25.4 Å². The van der Waals surface area contributed by atoms with Gasteiger partial charge in [-0.3, -0.25) is 23.7 Å². The number of nitrogens with zero attached hydrogens (tertiary/aromatic N) is 6. The van der Waals surface area contributed by atoms with Crippen molar-refractivity contribution < 1.29 is 22.5 Å². The lowest BCUT2D eigenvalue weighted by Crippen LogP contribution is -2.51. The van der Waals surface area contributed by atoms with Crippen LogP contribution in [0.4, 0.5) is 24.7 Å². The summed E-state index contributed by atoms with van der Waals surface area (Å²) in [4.78, 5) is 49.7. The predicted molar refractivity (Wildman–Crippen MR) is 139 cm³/mol. The molecule has 3 N–H and O–H groups in total. The molecular formula is C25H24F3N9O4. The molecule has 3 aliphatic rings. The molecule has 3 aromatic rings. The molecule has 41 heavy (non-hydrogen) atoms. The third kappa shape index (κ3) is 4.54. The quantitative estimate of drug-likeness (QED) is 0.394. The van der Waals surface area contributed by atoms with Gasteiger partial charge in [0.15, 0.2) is 0 Å². The van der Waals surface area contributed by atoms with Crippen LogP contribution in [0.1, 0.15) is 35.6 Å². The number of pyridine rings is 1. The fourth-order valence-electron chi connectivity index (χ4n) is 4.98. The van der Waals surface area contributed by atoms with E-state index in [1.54, 1.807) is 17.9 Å². The maximum absolute atomic E-state index is 13.6. The van der Waals surface area contributed by atoms with Gasteiger partial charge >= 0.3 is 11.9 Å². The highest BCUT2D eigenvalue weighted by atomic mass is 19.4. The average Bonchev–Trinajstić information content (AvgIpc) is 3.45. The molecular weight excluding hydrogens is 547 g/mol. The molecule has 1 fully saturated rings. The Hall–Kier alpha value is -4.89. The molecule has 0 radical (unpaired) electrons. The number of halogens is 3. The number of aromatic nitrogens is 4. The van der Waals surface area contributed by atoms with Crippen LogP contribution in [-0.2, 0) is 24.6 Å². The number of alkyl halides is 3. The van der Waals surface area contributed by atoms with E-state index in [2.05, 4.69) is 31.1 Å². The second-order valence-electron chi connectivity index (χ2n) is 10.0. The van der Waals surface area contributed by atoms with Gasteiger partial charge in [0.1, 0.15) is 40.0 Å². The van der Waals surface area contributed by atoms with Crippen molar-refractivity contribution in [1.82, 2.24) is 29.9 Å². The molecule has 1 amide bonds. The van der Waals surface area contributed by atoms with Crippen molar-refractivity contribution in [3.63, 3.8) is 0 Å². The van der Waals surface area contributed by atoms with E-state index < -0.39 is 34.6 Å². The SMILES string of the molecule is Cc1cc(Cn2c(=O)c3c(n(C)c2=O)NCN3C2(C(=O)NC3=CNCC(c4ccc(C(F)(F)F)nc4)=N3)CC2)no1. The van der Waals surface area contributed by atoms with Crippen LogP contribution in [0.5, 0.6) is 0 Å². The summed E-state index contributed by atoms with van der Waals surface area (Å²) in [6, 6.07) is 3.77. The molecule has 1 aliphatic carbocycles. The molecule has 214 valence electrons. The van der Waals surface area contributed by atoms with Crippen molar-refractivity contribution in [2.45, 2.75) is 38.0 Å². The molecule has 1 saturated carbocycles. The summed E-state index contributed by atoms with van der Waals surface area (Å²) in [5, 5.41) is 12.7. The lowest BCUT2D eigenvalue weighted by atomic mass is 10.1. The third-order valence-electron chi connectivity index (χ3n) is 7.25. The van der Waals surface area contributed by atoms with Crippen molar-refractivity contribution in [1.29, 1.82) is 0 Å². The fourth-order valence-corrected chi connectivity index (χ4v) is 4.98. The largest absolute Gasteiger partial charge is 0.433 e. The summed E-state index contributed by atoms with van der Waals surface area (Å²) in [6.07, 6.45) is -1.09. The Morgan fingerprint density at radius 3 is 2.66 bits per heavy atom. The van der Waals surface area contributed by atoms with E-state index in [1.807, 2.05) is 0 Å². The number of hydrogen-bond donors (Lipinski definition) is 3. The highest BCUT2D eigenvalue weighted by Crippen LogP contribution is 2.47. The van der Waals surface area contributed by atoms with Gasteiger partial charge in [-0.2, -0.15) is 13.2 Å². The van der Waals surface area contributed by atoms with Crippen LogP contribution in [0, 0.1) is 6.92 Å². The minimum atomic E-state index is -4.56. The zero-order valence-electron chi connectivity index (χ0n) is 21.9. The fraction of sp³-hybridized carbons (Fsp3) is 0.360. The van der Waals surface area contributed by atoms with Gasteiger partial charge in [-0.05, 0) is 31.9 Å². The van der Waals surface area contributed by atoms with E-state index in [9.17, 15) is 27.6 Å². The Kier molecular flexibility index (Phi) is 6.00. The Morgan fingerprint density at radius 1 is 1.24 bits per heavy atom. The molecule has 13 nitrogen and oxygen atoms in total. The van der Waals surface area contributed by atoms with Crippen molar-refractivity contribution in [3.8, 4) is 0 Å². The minimum absolute atomic E-state index is 0.0992. The number of aliphatic imine (C=N–C) groups is 1. The van der Waals surface area contributed by atoms with E-state index in [4.69, 9.17) is 4.52 Å². The van der Waals surface area contributed by atoms with Crippen LogP contribution >= 0.6 is 0 Å². The molecule has 6 rings (SSSR count). The number of rotatable bonds is 6. The molecule has 0 atom stereocenters. The topological polar surface area (TPSA) is 152 Å². The number of hydrogen-bond acceptors (Lipinski definition) is 10. The highest BCUT2D eigenvalue weighted by Gasteiger charge is 2.57. The molecule has 5 heterocycles. The van der Waals surface area contributed by atoms with Crippen LogP contribution < -0.4 is 32.1 Å². The standard InChI is InChI=1S/C25H24F3N9O4/c1-13-7-15(34-41-13)11-36-21(38)19-20(35(2)23(36)40)31-12-37(19)24(5-6-24)22(39)33-18-10-29-9-16(32-18)14-3-4-17(30-8-14)25(26,27)28/h3-4,7-8,10,29,31H,5-6,9,11-12H2,1-2H3,(H,33,39). The van der Waals surface area contributed by atoms with Crippen molar-refractivity contribution in [2.24, 2.45) is 12.0 Å². The van der Waals surface area contributed by atoms with Gasteiger partial charge in [-0.15, -0.1) is 0 Å². The highest BCUT2D eigenvalue weighted by molar-refractivity contribution is 6.03.